The first-order valence-electron chi connectivity index (χ1n) is 4.93. The highest BCUT2D eigenvalue weighted by molar-refractivity contribution is 5.87. The van der Waals surface area contributed by atoms with Crippen LogP contribution in [0.3, 0.4) is 0 Å². The molecule has 0 aliphatic rings. The lowest BCUT2D eigenvalue weighted by Crippen LogP contribution is -2.04. The van der Waals surface area contributed by atoms with E-state index in [1.165, 1.54) is 6.08 Å². The molecule has 0 saturated carbocycles. The van der Waals surface area contributed by atoms with E-state index >= 15 is 0 Å². The zero-order chi connectivity index (χ0) is 15.8. The van der Waals surface area contributed by atoms with E-state index in [0.29, 0.717) is 5.57 Å². The van der Waals surface area contributed by atoms with Crippen LogP contribution in [0.25, 0.3) is 0 Å². The van der Waals surface area contributed by atoms with Crippen LogP contribution < -0.4 is 5.73 Å². The van der Waals surface area contributed by atoms with Crippen molar-refractivity contribution in [3.8, 4) is 0 Å². The van der Waals surface area contributed by atoms with E-state index < -0.39 is 11.9 Å². The summed E-state index contributed by atoms with van der Waals surface area (Å²) in [5, 5.41) is 7.60. The number of amides is 1. The van der Waals surface area contributed by atoms with Crippen LogP contribution in [0.2, 0.25) is 0 Å². The Morgan fingerprint density at radius 1 is 1.21 bits per heavy atom. The number of aliphatic carboxylic acids is 1. The number of carboxylic acid groups (broad SMARTS) is 1. The molecule has 0 aromatic carbocycles. The van der Waals surface area contributed by atoms with E-state index in [1.54, 1.807) is 6.92 Å². The summed E-state index contributed by atoms with van der Waals surface area (Å²) in [5.74, 6) is -1.83. The summed E-state index contributed by atoms with van der Waals surface area (Å²) in [4.78, 5) is 29.3. The van der Waals surface area contributed by atoms with E-state index in [2.05, 4.69) is 36.8 Å². The standard InChI is InChI=1S/C7H10O2.C3H5NO.C3H4O2/c1-4-5-9-7(8)6(2)3;2*1-2-3(4)5/h4H,1-2,5H2,3H3;2H,1H2,(H2,4,5);2H,1H2,(H,4,5). The molecular formula is C13H19NO5. The van der Waals surface area contributed by atoms with Crippen molar-refractivity contribution in [2.75, 3.05) is 6.61 Å². The first-order valence-corrected chi connectivity index (χ1v) is 4.93. The number of nitrogens with two attached hydrogens (primary N) is 1. The second kappa shape index (κ2) is 15.4. The first kappa shape index (κ1) is 21.6. The molecule has 1 amide bonds. The lowest BCUT2D eigenvalue weighted by molar-refractivity contribution is -0.137. The Morgan fingerprint density at radius 2 is 1.58 bits per heavy atom. The number of carbonyl (C=O) groups is 3. The Labute approximate surface area is 112 Å². The lowest BCUT2D eigenvalue weighted by atomic mass is 10.4. The van der Waals surface area contributed by atoms with Gasteiger partial charge in [-0.1, -0.05) is 32.4 Å². The summed E-state index contributed by atoms with van der Waals surface area (Å²) in [5.41, 5.74) is 4.95. The van der Waals surface area contributed by atoms with Crippen molar-refractivity contribution in [2.45, 2.75) is 6.92 Å². The number of carboxylic acids is 1. The molecule has 0 aromatic heterocycles. The maximum absolute atomic E-state index is 10.5. The number of ether oxygens (including phenoxy) is 1. The third-order valence-corrected chi connectivity index (χ3v) is 1.06. The Balaban J connectivity index is -0.000000219. The molecular weight excluding hydrogens is 250 g/mol. The molecule has 0 bridgehead atoms. The van der Waals surface area contributed by atoms with Crippen LogP contribution in [-0.2, 0) is 19.1 Å². The number of hydrogen-bond acceptors (Lipinski definition) is 4. The number of primary amides is 1. The Bertz CT molecular complexity index is 340. The van der Waals surface area contributed by atoms with Gasteiger partial charge in [0.1, 0.15) is 6.61 Å². The zero-order valence-electron chi connectivity index (χ0n) is 10.9. The van der Waals surface area contributed by atoms with Crippen molar-refractivity contribution in [2.24, 2.45) is 5.73 Å². The van der Waals surface area contributed by atoms with Crippen LogP contribution in [0, 0.1) is 0 Å². The lowest BCUT2D eigenvalue weighted by Gasteiger charge is -1.97. The van der Waals surface area contributed by atoms with Crippen LogP contribution in [0.15, 0.2) is 50.1 Å². The van der Waals surface area contributed by atoms with Gasteiger partial charge in [0, 0.05) is 11.6 Å². The van der Waals surface area contributed by atoms with Crippen molar-refractivity contribution >= 4 is 17.8 Å². The van der Waals surface area contributed by atoms with Gasteiger partial charge in [0.05, 0.1) is 0 Å². The van der Waals surface area contributed by atoms with Crippen molar-refractivity contribution in [1.82, 2.24) is 0 Å². The molecule has 106 valence electrons. The quantitative estimate of drug-likeness (QED) is 0.443. The Morgan fingerprint density at radius 3 is 1.74 bits per heavy atom. The van der Waals surface area contributed by atoms with Gasteiger partial charge in [0.2, 0.25) is 5.91 Å². The van der Waals surface area contributed by atoms with Gasteiger partial charge in [-0.3, -0.25) is 4.79 Å². The van der Waals surface area contributed by atoms with Crippen LogP contribution in [0.4, 0.5) is 0 Å². The average Bonchev–Trinajstić information content (AvgIpc) is 2.36. The van der Waals surface area contributed by atoms with Gasteiger partial charge in [-0.25, -0.2) is 9.59 Å². The molecule has 0 saturated heterocycles. The Kier molecular flexibility index (Phi) is 17.5. The summed E-state index contributed by atoms with van der Waals surface area (Å²) in [6, 6.07) is 0. The SMILES string of the molecule is C=CC(=O)O.C=CC(N)=O.C=CCOC(=O)C(=C)C. The van der Waals surface area contributed by atoms with Crippen LogP contribution in [0.1, 0.15) is 6.92 Å². The number of esters is 1. The maximum Gasteiger partial charge on any atom is 0.333 e. The summed E-state index contributed by atoms with van der Waals surface area (Å²) < 4.78 is 4.60. The van der Waals surface area contributed by atoms with E-state index in [4.69, 9.17) is 5.11 Å². The highest BCUT2D eigenvalue weighted by atomic mass is 16.5. The fourth-order valence-corrected chi connectivity index (χ4v) is 0.258. The van der Waals surface area contributed by atoms with Gasteiger partial charge in [0.15, 0.2) is 0 Å². The van der Waals surface area contributed by atoms with Crippen molar-refractivity contribution in [3.63, 3.8) is 0 Å². The van der Waals surface area contributed by atoms with Gasteiger partial charge in [-0.15, -0.1) is 0 Å². The Hall–Kier alpha value is -2.63. The van der Waals surface area contributed by atoms with Gasteiger partial charge in [-0.05, 0) is 13.0 Å². The highest BCUT2D eigenvalue weighted by Gasteiger charge is 1.98. The predicted molar refractivity (Wildman–Crippen MR) is 73.2 cm³/mol. The van der Waals surface area contributed by atoms with E-state index in [0.717, 1.165) is 12.2 Å². The molecule has 19 heavy (non-hydrogen) atoms. The maximum atomic E-state index is 10.5. The van der Waals surface area contributed by atoms with Crippen LogP contribution >= 0.6 is 0 Å². The number of carbonyl (C=O) groups excluding carboxylic acids is 2. The summed E-state index contributed by atoms with van der Waals surface area (Å²) in [6.07, 6.45) is 3.40. The minimum Gasteiger partial charge on any atom is -0.478 e. The smallest absolute Gasteiger partial charge is 0.333 e. The highest BCUT2D eigenvalue weighted by Crippen LogP contribution is 1.90. The average molecular weight is 269 g/mol. The normalized spacial score (nSPS) is 7.21. The third kappa shape index (κ3) is 31.3. The van der Waals surface area contributed by atoms with E-state index in [9.17, 15) is 14.4 Å². The predicted octanol–water partition coefficient (Wildman–Crippen LogP) is 1.21. The van der Waals surface area contributed by atoms with Crippen molar-refractivity contribution in [1.29, 1.82) is 0 Å². The molecule has 3 N–H and O–H groups in total. The van der Waals surface area contributed by atoms with Gasteiger partial charge in [0.25, 0.3) is 0 Å². The monoisotopic (exact) mass is 269 g/mol. The molecule has 0 rings (SSSR count). The molecule has 0 unspecified atom stereocenters. The molecule has 6 heteroatoms. The molecule has 0 heterocycles. The minimum atomic E-state index is -0.981. The molecule has 0 radical (unpaired) electrons. The summed E-state index contributed by atoms with van der Waals surface area (Å²) in [7, 11) is 0. The molecule has 0 spiro atoms. The first-order chi connectivity index (χ1) is 8.72. The van der Waals surface area contributed by atoms with E-state index in [-0.39, 0.29) is 12.6 Å². The zero-order valence-corrected chi connectivity index (χ0v) is 10.9. The van der Waals surface area contributed by atoms with Crippen LogP contribution in [-0.4, -0.2) is 29.6 Å². The van der Waals surface area contributed by atoms with Gasteiger partial charge < -0.3 is 15.6 Å². The largest absolute Gasteiger partial charge is 0.478 e. The summed E-state index contributed by atoms with van der Waals surface area (Å²) in [6.45, 7) is 14.7. The number of rotatable bonds is 5. The minimum absolute atomic E-state index is 0.256. The van der Waals surface area contributed by atoms with Crippen LogP contribution in [0.5, 0.6) is 0 Å². The van der Waals surface area contributed by atoms with E-state index in [1.807, 2.05) is 0 Å². The van der Waals surface area contributed by atoms with Crippen molar-refractivity contribution in [3.05, 3.63) is 50.1 Å². The molecule has 0 aliphatic carbocycles. The second-order valence-electron chi connectivity index (χ2n) is 2.82. The third-order valence-electron chi connectivity index (χ3n) is 1.06. The second-order valence-corrected chi connectivity index (χ2v) is 2.82. The number of hydrogen-bond donors (Lipinski definition) is 2. The molecule has 0 aromatic rings. The van der Waals surface area contributed by atoms with Gasteiger partial charge in [-0.2, -0.15) is 0 Å². The van der Waals surface area contributed by atoms with Gasteiger partial charge >= 0.3 is 11.9 Å². The summed E-state index contributed by atoms with van der Waals surface area (Å²) >= 11 is 0. The molecule has 6 nitrogen and oxygen atoms in total. The topological polar surface area (TPSA) is 107 Å². The fraction of sp³-hybridized carbons (Fsp3) is 0.154. The molecule has 0 aliphatic heterocycles. The molecule has 0 atom stereocenters. The molecule has 0 fully saturated rings. The van der Waals surface area contributed by atoms with Crippen molar-refractivity contribution < 1.29 is 24.2 Å². The fourth-order valence-electron chi connectivity index (χ4n) is 0.258.